The molecule has 0 saturated carbocycles. The third kappa shape index (κ3) is 9.20. The summed E-state index contributed by atoms with van der Waals surface area (Å²) < 4.78 is 0. The van der Waals surface area contributed by atoms with Crippen LogP contribution in [0.4, 0.5) is 73.9 Å². The summed E-state index contributed by atoms with van der Waals surface area (Å²) in [7, 11) is 0. The number of para-hydroxylation sites is 6. The summed E-state index contributed by atoms with van der Waals surface area (Å²) in [6.45, 7) is 0. The molecule has 10 aromatic carbocycles. The molecule has 6 heteroatoms. The first-order chi connectivity index (χ1) is 32.6. The van der Waals surface area contributed by atoms with Crippen LogP contribution in [0, 0.1) is 0 Å². The van der Waals surface area contributed by atoms with Gasteiger partial charge in [-0.25, -0.2) is 0 Å². The molecule has 0 aliphatic rings. The number of nitrogens with two attached hydrogens (primary N) is 1. The summed E-state index contributed by atoms with van der Waals surface area (Å²) in [4.78, 5) is 4.64. The second kappa shape index (κ2) is 19.2. The molecule has 6 nitrogen and oxygen atoms in total. The van der Waals surface area contributed by atoms with Crippen molar-refractivity contribution in [3.05, 3.63) is 261 Å². The number of nitrogen functional groups attached to an aromatic ring is 1. The van der Waals surface area contributed by atoms with Crippen molar-refractivity contribution in [2.24, 2.45) is 0 Å². The van der Waals surface area contributed by atoms with E-state index < -0.39 is 0 Å². The summed E-state index contributed by atoms with van der Waals surface area (Å²) >= 11 is 0. The van der Waals surface area contributed by atoms with Crippen LogP contribution in [0.25, 0.3) is 22.3 Å². The van der Waals surface area contributed by atoms with Gasteiger partial charge in [0, 0.05) is 68.1 Å². The lowest BCUT2D eigenvalue weighted by molar-refractivity contribution is 1.25. The van der Waals surface area contributed by atoms with Crippen LogP contribution >= 0.6 is 0 Å². The van der Waals surface area contributed by atoms with Crippen LogP contribution in [-0.2, 0) is 0 Å². The zero-order valence-corrected chi connectivity index (χ0v) is 36.3. The number of anilines is 13. The van der Waals surface area contributed by atoms with E-state index in [2.05, 4.69) is 244 Å². The molecule has 0 aromatic heterocycles. The summed E-state index contributed by atoms with van der Waals surface area (Å²) in [5.74, 6) is 0. The third-order valence-electron chi connectivity index (χ3n) is 11.5. The van der Waals surface area contributed by atoms with E-state index in [0.717, 1.165) is 96.2 Å². The largest absolute Gasteiger partial charge is 0.399 e. The molecule has 318 valence electrons. The summed E-state index contributed by atoms with van der Waals surface area (Å²) in [6, 6.07) is 90.8. The molecule has 0 heterocycles. The molecule has 0 radical (unpaired) electrons. The van der Waals surface area contributed by atoms with Crippen molar-refractivity contribution < 1.29 is 0 Å². The molecule has 10 aromatic rings. The van der Waals surface area contributed by atoms with E-state index in [4.69, 9.17) is 5.73 Å². The maximum atomic E-state index is 6.27. The maximum absolute atomic E-state index is 6.27. The average molecular weight is 853 g/mol. The first kappa shape index (κ1) is 41.0. The minimum absolute atomic E-state index is 0.718. The van der Waals surface area contributed by atoms with Gasteiger partial charge in [-0.15, -0.1) is 0 Å². The highest BCUT2D eigenvalue weighted by Gasteiger charge is 2.23. The van der Waals surface area contributed by atoms with E-state index in [-0.39, 0.29) is 0 Å². The highest BCUT2D eigenvalue weighted by molar-refractivity contribution is 5.97. The number of nitrogens with zero attached hydrogens (tertiary/aromatic N) is 2. The number of hydrogen-bond donors (Lipinski definition) is 4. The number of hydrogen-bond acceptors (Lipinski definition) is 6. The quantitative estimate of drug-likeness (QED) is 0.0817. The van der Waals surface area contributed by atoms with Gasteiger partial charge >= 0.3 is 0 Å². The Hall–Kier alpha value is -9.00. The monoisotopic (exact) mass is 852 g/mol. The van der Waals surface area contributed by atoms with Crippen molar-refractivity contribution in [1.29, 1.82) is 0 Å². The highest BCUT2D eigenvalue weighted by atomic mass is 15.2. The van der Waals surface area contributed by atoms with Crippen LogP contribution in [-0.4, -0.2) is 0 Å². The van der Waals surface area contributed by atoms with Crippen molar-refractivity contribution >= 4 is 73.9 Å². The first-order valence-electron chi connectivity index (χ1n) is 22.1. The number of rotatable bonds is 14. The molecule has 0 amide bonds. The zero-order valence-electron chi connectivity index (χ0n) is 36.3. The molecule has 0 fully saturated rings. The van der Waals surface area contributed by atoms with Gasteiger partial charge in [-0.05, 0) is 144 Å². The molecule has 66 heavy (non-hydrogen) atoms. The van der Waals surface area contributed by atoms with Crippen molar-refractivity contribution in [2.45, 2.75) is 0 Å². The van der Waals surface area contributed by atoms with Crippen molar-refractivity contribution in [2.75, 3.05) is 31.5 Å². The van der Waals surface area contributed by atoms with E-state index >= 15 is 0 Å². The van der Waals surface area contributed by atoms with Gasteiger partial charge in [0.1, 0.15) is 0 Å². The Morgan fingerprint density at radius 1 is 0.273 bits per heavy atom. The van der Waals surface area contributed by atoms with Crippen LogP contribution in [0.5, 0.6) is 0 Å². The standard InChI is InChI=1S/C60H48N6/c61-45-33-31-44(32-34-45)55-39-36-53(42-57(55)56-38-35-49(62-46-19-7-1-8-20-46)41-58(56)63-47-21-9-2-10-22-47)66(52-29-17-6-18-30-52)60-40-37-54(43-59(60)64-48-23-11-3-12-24-48)65(50-25-13-4-14-26-50)51-27-15-5-16-28-51/h1-43,62-64H,61H2. The molecular formula is C60H48N6. The molecular weight excluding hydrogens is 805 g/mol. The van der Waals surface area contributed by atoms with Crippen LogP contribution in [0.15, 0.2) is 261 Å². The van der Waals surface area contributed by atoms with E-state index in [1.54, 1.807) is 0 Å². The Bertz CT molecular complexity index is 3110. The van der Waals surface area contributed by atoms with Crippen LogP contribution in [0.3, 0.4) is 0 Å². The van der Waals surface area contributed by atoms with Gasteiger partial charge in [0.2, 0.25) is 0 Å². The van der Waals surface area contributed by atoms with Gasteiger partial charge < -0.3 is 31.5 Å². The van der Waals surface area contributed by atoms with Crippen LogP contribution in [0.1, 0.15) is 0 Å². The molecule has 0 saturated heterocycles. The lowest BCUT2D eigenvalue weighted by Crippen LogP contribution is -2.14. The lowest BCUT2D eigenvalue weighted by Gasteiger charge is -2.31. The predicted octanol–water partition coefficient (Wildman–Crippen LogP) is 16.8. The summed E-state index contributed by atoms with van der Waals surface area (Å²) in [5, 5.41) is 11.3. The fourth-order valence-corrected chi connectivity index (χ4v) is 8.37. The van der Waals surface area contributed by atoms with E-state index in [1.807, 2.05) is 42.5 Å². The molecule has 10 rings (SSSR count). The lowest BCUT2D eigenvalue weighted by atomic mass is 9.92. The van der Waals surface area contributed by atoms with Crippen molar-refractivity contribution in [3.8, 4) is 22.3 Å². The molecule has 0 aliphatic heterocycles. The molecule has 0 unspecified atom stereocenters. The molecule has 0 spiro atoms. The Labute approximate surface area is 386 Å². The SMILES string of the molecule is Nc1ccc(-c2ccc(N(c3ccccc3)c3ccc(N(c4ccccc4)c4ccccc4)cc3Nc3ccccc3)cc2-c2ccc(Nc3ccccc3)cc2Nc2ccccc2)cc1. The van der Waals surface area contributed by atoms with E-state index in [9.17, 15) is 0 Å². The van der Waals surface area contributed by atoms with E-state index in [0.29, 0.717) is 0 Å². The predicted molar refractivity (Wildman–Crippen MR) is 280 cm³/mol. The van der Waals surface area contributed by atoms with Gasteiger partial charge in [0.15, 0.2) is 0 Å². The minimum Gasteiger partial charge on any atom is -0.399 e. The fraction of sp³-hybridized carbons (Fsp3) is 0. The Balaban J connectivity index is 1.18. The summed E-state index contributed by atoms with van der Waals surface area (Å²) in [6.07, 6.45) is 0. The Morgan fingerprint density at radius 3 is 1.26 bits per heavy atom. The minimum atomic E-state index is 0.718. The van der Waals surface area contributed by atoms with Crippen LogP contribution < -0.4 is 31.5 Å². The number of nitrogens with one attached hydrogen (secondary N) is 3. The smallest absolute Gasteiger partial charge is 0.0698 e. The van der Waals surface area contributed by atoms with Gasteiger partial charge in [-0.3, -0.25) is 0 Å². The topological polar surface area (TPSA) is 68.6 Å². The van der Waals surface area contributed by atoms with Gasteiger partial charge in [-0.2, -0.15) is 0 Å². The van der Waals surface area contributed by atoms with E-state index in [1.165, 1.54) is 0 Å². The fourth-order valence-electron chi connectivity index (χ4n) is 8.37. The third-order valence-corrected chi connectivity index (χ3v) is 11.5. The maximum Gasteiger partial charge on any atom is 0.0698 e. The molecule has 5 N–H and O–H groups in total. The summed E-state index contributed by atoms with van der Waals surface area (Å²) in [5.41, 5.74) is 23.2. The Morgan fingerprint density at radius 2 is 0.712 bits per heavy atom. The van der Waals surface area contributed by atoms with Gasteiger partial charge in [0.25, 0.3) is 0 Å². The van der Waals surface area contributed by atoms with Gasteiger partial charge in [0.05, 0.1) is 11.4 Å². The van der Waals surface area contributed by atoms with Gasteiger partial charge in [-0.1, -0.05) is 133 Å². The van der Waals surface area contributed by atoms with Crippen LogP contribution in [0.2, 0.25) is 0 Å². The van der Waals surface area contributed by atoms with Crippen molar-refractivity contribution in [1.82, 2.24) is 0 Å². The second-order valence-corrected chi connectivity index (χ2v) is 16.0. The zero-order chi connectivity index (χ0) is 44.5. The molecule has 0 atom stereocenters. The molecule has 0 bridgehead atoms. The molecule has 0 aliphatic carbocycles. The second-order valence-electron chi connectivity index (χ2n) is 16.0. The normalized spacial score (nSPS) is 10.8. The number of benzene rings is 10. The van der Waals surface area contributed by atoms with Crippen molar-refractivity contribution in [3.63, 3.8) is 0 Å². The Kier molecular flexibility index (Phi) is 11.9. The highest BCUT2D eigenvalue weighted by Crippen LogP contribution is 2.47. The first-order valence-corrected chi connectivity index (χ1v) is 22.1. The average Bonchev–Trinajstić information content (AvgIpc) is 3.37.